The number of H-pyrrole nitrogens is 1. The van der Waals surface area contributed by atoms with E-state index in [1.807, 2.05) is 24.0 Å². The first-order chi connectivity index (χ1) is 7.24. The molecule has 2 aromatic heterocycles. The van der Waals surface area contributed by atoms with Crippen molar-refractivity contribution in [1.82, 2.24) is 14.5 Å². The van der Waals surface area contributed by atoms with E-state index in [0.717, 1.165) is 21.6 Å². The summed E-state index contributed by atoms with van der Waals surface area (Å²) >= 11 is 7.14. The summed E-state index contributed by atoms with van der Waals surface area (Å²) in [6, 6.07) is 2.40. The highest BCUT2D eigenvalue weighted by atomic mass is 32.2. The van der Waals surface area contributed by atoms with Gasteiger partial charge in [-0.1, -0.05) is 0 Å². The highest BCUT2D eigenvalue weighted by Gasteiger charge is 2.09. The number of aromatic amines is 1. The van der Waals surface area contributed by atoms with E-state index in [-0.39, 0.29) is 0 Å². The topological polar surface area (TPSA) is 33.6 Å². The minimum absolute atomic E-state index is 0.406. The quantitative estimate of drug-likeness (QED) is 0.836. The Balaban J connectivity index is 2.58. The van der Waals surface area contributed by atoms with Crippen LogP contribution in [0.4, 0.5) is 0 Å². The van der Waals surface area contributed by atoms with Crippen LogP contribution in [-0.4, -0.2) is 26.5 Å². The number of rotatable bonds is 3. The molecule has 1 atom stereocenters. The molecule has 15 heavy (non-hydrogen) atoms. The summed E-state index contributed by atoms with van der Waals surface area (Å²) in [6.07, 6.45) is 5.72. The zero-order chi connectivity index (χ0) is 10.8. The van der Waals surface area contributed by atoms with E-state index in [0.29, 0.717) is 6.04 Å². The Morgan fingerprint density at radius 1 is 1.67 bits per heavy atom. The van der Waals surface area contributed by atoms with Crippen LogP contribution in [0.5, 0.6) is 0 Å². The average Bonchev–Trinajstić information content (AvgIpc) is 2.54. The molecule has 0 fully saturated rings. The number of hydrogen-bond acceptors (Lipinski definition) is 3. The number of imidazole rings is 1. The molecule has 2 heterocycles. The Labute approximate surface area is 97.9 Å². The number of pyridine rings is 1. The number of thioether (sulfide) groups is 1. The highest BCUT2D eigenvalue weighted by molar-refractivity contribution is 7.98. The average molecular weight is 239 g/mol. The van der Waals surface area contributed by atoms with E-state index in [9.17, 15) is 0 Å². The minimum atomic E-state index is 0.406. The first kappa shape index (κ1) is 10.7. The second kappa shape index (κ2) is 4.37. The van der Waals surface area contributed by atoms with Gasteiger partial charge in [0.25, 0.3) is 0 Å². The summed E-state index contributed by atoms with van der Waals surface area (Å²) in [5.41, 5.74) is 2.15. The van der Waals surface area contributed by atoms with Crippen molar-refractivity contribution in [3.8, 4) is 0 Å². The van der Waals surface area contributed by atoms with Gasteiger partial charge >= 0.3 is 0 Å². The van der Waals surface area contributed by atoms with Gasteiger partial charge < -0.3 is 9.55 Å². The van der Waals surface area contributed by atoms with E-state index in [4.69, 9.17) is 12.2 Å². The monoisotopic (exact) mass is 239 g/mol. The van der Waals surface area contributed by atoms with Crippen LogP contribution in [0.1, 0.15) is 13.0 Å². The summed E-state index contributed by atoms with van der Waals surface area (Å²) in [7, 11) is 0. The van der Waals surface area contributed by atoms with Crippen LogP contribution in [0, 0.1) is 4.77 Å². The predicted octanol–water partition coefficient (Wildman–Crippen LogP) is 3.02. The van der Waals surface area contributed by atoms with Crippen molar-refractivity contribution in [2.75, 3.05) is 12.0 Å². The molecule has 5 heteroatoms. The number of aromatic nitrogens is 3. The van der Waals surface area contributed by atoms with Crippen LogP contribution in [-0.2, 0) is 0 Å². The molecule has 1 unspecified atom stereocenters. The molecule has 0 aliphatic heterocycles. The lowest BCUT2D eigenvalue weighted by atomic mass is 10.3. The van der Waals surface area contributed by atoms with Gasteiger partial charge in [-0.15, -0.1) is 0 Å². The van der Waals surface area contributed by atoms with Crippen molar-refractivity contribution in [1.29, 1.82) is 0 Å². The largest absolute Gasteiger partial charge is 0.329 e. The summed E-state index contributed by atoms with van der Waals surface area (Å²) in [5.74, 6) is 1.06. The van der Waals surface area contributed by atoms with Crippen LogP contribution in [0.15, 0.2) is 18.5 Å². The molecule has 0 aliphatic carbocycles. The fraction of sp³-hybridized carbons (Fsp3) is 0.400. The Morgan fingerprint density at radius 2 is 2.47 bits per heavy atom. The van der Waals surface area contributed by atoms with E-state index >= 15 is 0 Å². The van der Waals surface area contributed by atoms with Gasteiger partial charge in [0, 0.05) is 18.0 Å². The van der Waals surface area contributed by atoms with E-state index in [1.54, 1.807) is 6.20 Å². The van der Waals surface area contributed by atoms with E-state index in [1.165, 1.54) is 0 Å². The third-order valence-electron chi connectivity index (χ3n) is 2.37. The molecule has 80 valence electrons. The summed E-state index contributed by atoms with van der Waals surface area (Å²) in [6.45, 7) is 2.18. The van der Waals surface area contributed by atoms with Gasteiger partial charge in [-0.3, -0.25) is 4.98 Å². The second-order valence-electron chi connectivity index (χ2n) is 3.50. The number of fused-ring (bicyclic) bond motifs is 1. The second-order valence-corrected chi connectivity index (χ2v) is 4.79. The third-order valence-corrected chi connectivity index (χ3v) is 3.48. The maximum Gasteiger partial charge on any atom is 0.178 e. The van der Waals surface area contributed by atoms with Crippen LogP contribution in [0.25, 0.3) is 11.0 Å². The summed E-state index contributed by atoms with van der Waals surface area (Å²) in [4.78, 5) is 7.25. The van der Waals surface area contributed by atoms with Crippen LogP contribution < -0.4 is 0 Å². The maximum atomic E-state index is 5.31. The lowest BCUT2D eigenvalue weighted by Gasteiger charge is -2.12. The molecule has 2 aromatic rings. The van der Waals surface area contributed by atoms with Gasteiger partial charge in [0.1, 0.15) is 0 Å². The lowest BCUT2D eigenvalue weighted by Crippen LogP contribution is -2.07. The molecule has 1 N–H and O–H groups in total. The molecule has 0 amide bonds. The summed E-state index contributed by atoms with van der Waals surface area (Å²) < 4.78 is 2.93. The zero-order valence-electron chi connectivity index (χ0n) is 8.73. The predicted molar refractivity (Wildman–Crippen MR) is 68.0 cm³/mol. The molecule has 3 nitrogen and oxygen atoms in total. The summed E-state index contributed by atoms with van der Waals surface area (Å²) in [5, 5.41) is 0. The Kier molecular flexibility index (Phi) is 3.11. The molecular weight excluding hydrogens is 226 g/mol. The van der Waals surface area contributed by atoms with Gasteiger partial charge in [-0.05, 0) is 31.5 Å². The van der Waals surface area contributed by atoms with Gasteiger partial charge in [-0.2, -0.15) is 11.8 Å². The molecule has 0 bridgehead atoms. The van der Waals surface area contributed by atoms with Gasteiger partial charge in [0.2, 0.25) is 0 Å². The van der Waals surface area contributed by atoms with Crippen LogP contribution >= 0.6 is 24.0 Å². The zero-order valence-corrected chi connectivity index (χ0v) is 10.4. The Hall–Kier alpha value is -0.810. The van der Waals surface area contributed by atoms with Crippen molar-refractivity contribution >= 4 is 35.0 Å². The molecule has 2 rings (SSSR count). The maximum absolute atomic E-state index is 5.31. The van der Waals surface area contributed by atoms with Crippen molar-refractivity contribution in [3.63, 3.8) is 0 Å². The smallest absolute Gasteiger partial charge is 0.178 e. The third kappa shape index (κ3) is 1.94. The lowest BCUT2D eigenvalue weighted by molar-refractivity contribution is 0.620. The first-order valence-corrected chi connectivity index (χ1v) is 6.57. The fourth-order valence-corrected chi connectivity index (χ4v) is 2.75. The fourth-order valence-electron chi connectivity index (χ4n) is 1.73. The normalized spacial score (nSPS) is 13.2. The standard InChI is InChI=1S/C10H13N3S2/c1-7(6-15-2)13-9-3-4-11-5-8(9)12-10(13)14/h3-5,7H,6H2,1-2H3,(H,12,14). The Bertz CT molecular complexity index is 515. The molecule has 0 saturated carbocycles. The van der Waals surface area contributed by atoms with Crippen molar-refractivity contribution in [2.24, 2.45) is 0 Å². The van der Waals surface area contributed by atoms with Gasteiger partial charge in [0.05, 0.1) is 17.2 Å². The van der Waals surface area contributed by atoms with Crippen LogP contribution in [0.3, 0.4) is 0 Å². The van der Waals surface area contributed by atoms with Gasteiger partial charge in [-0.25, -0.2) is 0 Å². The molecule has 0 aromatic carbocycles. The minimum Gasteiger partial charge on any atom is -0.329 e. The van der Waals surface area contributed by atoms with Gasteiger partial charge in [0.15, 0.2) is 4.77 Å². The number of nitrogens with one attached hydrogen (secondary N) is 1. The first-order valence-electron chi connectivity index (χ1n) is 4.77. The molecule has 0 radical (unpaired) electrons. The van der Waals surface area contributed by atoms with E-state index < -0.39 is 0 Å². The van der Waals surface area contributed by atoms with E-state index in [2.05, 4.69) is 27.7 Å². The van der Waals surface area contributed by atoms with Crippen LogP contribution in [0.2, 0.25) is 0 Å². The molecule has 0 saturated heterocycles. The number of nitrogens with zero attached hydrogens (tertiary/aromatic N) is 2. The highest BCUT2D eigenvalue weighted by Crippen LogP contribution is 2.20. The number of hydrogen-bond donors (Lipinski definition) is 1. The molecule has 0 aliphatic rings. The Morgan fingerprint density at radius 3 is 3.20 bits per heavy atom. The van der Waals surface area contributed by atoms with Crippen molar-refractivity contribution in [2.45, 2.75) is 13.0 Å². The SMILES string of the molecule is CSCC(C)n1c(=S)[nH]c2cnccc21. The van der Waals surface area contributed by atoms with Crippen molar-refractivity contribution in [3.05, 3.63) is 23.2 Å². The van der Waals surface area contributed by atoms with Crippen molar-refractivity contribution < 1.29 is 0 Å². The molecular formula is C10H13N3S2. The molecule has 0 spiro atoms.